The second-order valence-electron chi connectivity index (χ2n) is 6.12. The first kappa shape index (κ1) is 17.6. The van der Waals surface area contributed by atoms with Crippen molar-refractivity contribution in [1.82, 2.24) is 15.2 Å². The summed E-state index contributed by atoms with van der Waals surface area (Å²) in [5.74, 6) is -0.0563. The number of hydrogen-bond donors (Lipinski definition) is 2. The number of nitrogens with two attached hydrogens (primary N) is 1. The van der Waals surface area contributed by atoms with Gasteiger partial charge in [-0.05, 0) is 18.4 Å². The van der Waals surface area contributed by atoms with Crippen LogP contribution in [0, 0.1) is 0 Å². The lowest BCUT2D eigenvalue weighted by molar-refractivity contribution is -0.130. The largest absolute Gasteiger partial charge is 0.346 e. The van der Waals surface area contributed by atoms with Crippen molar-refractivity contribution in [3.63, 3.8) is 0 Å². The number of aromatic nitrogens is 1. The second-order valence-corrected chi connectivity index (χ2v) is 7.06. The van der Waals surface area contributed by atoms with E-state index in [9.17, 15) is 9.59 Å². The molecule has 2 amide bonds. The number of thiazole rings is 1. The fraction of sp³-hybridized carbons (Fsp3) is 0.389. The summed E-state index contributed by atoms with van der Waals surface area (Å²) in [6, 6.07) is 9.98. The Hall–Kier alpha value is -2.25. The third-order valence-electron chi connectivity index (χ3n) is 4.31. The quantitative estimate of drug-likeness (QED) is 0.820. The summed E-state index contributed by atoms with van der Waals surface area (Å²) >= 11 is 1.38. The van der Waals surface area contributed by atoms with E-state index in [4.69, 9.17) is 5.73 Å². The van der Waals surface area contributed by atoms with Gasteiger partial charge < -0.3 is 16.0 Å². The fourth-order valence-corrected chi connectivity index (χ4v) is 3.58. The third kappa shape index (κ3) is 4.64. The van der Waals surface area contributed by atoms with E-state index >= 15 is 0 Å². The van der Waals surface area contributed by atoms with E-state index in [1.165, 1.54) is 16.9 Å². The van der Waals surface area contributed by atoms with Crippen LogP contribution in [0.1, 0.15) is 33.9 Å². The van der Waals surface area contributed by atoms with Crippen LogP contribution in [0.2, 0.25) is 0 Å². The minimum atomic E-state index is -0.195. The van der Waals surface area contributed by atoms with Crippen molar-refractivity contribution in [2.75, 3.05) is 13.1 Å². The number of nitrogens with zero attached hydrogens (tertiary/aromatic N) is 2. The molecule has 6 nitrogen and oxygen atoms in total. The molecule has 2 heterocycles. The van der Waals surface area contributed by atoms with Crippen molar-refractivity contribution < 1.29 is 9.59 Å². The lowest BCUT2D eigenvalue weighted by Crippen LogP contribution is -2.38. The first-order valence-corrected chi connectivity index (χ1v) is 9.30. The molecule has 1 aliphatic rings. The number of benzene rings is 1. The van der Waals surface area contributed by atoms with Crippen molar-refractivity contribution in [2.24, 2.45) is 5.73 Å². The van der Waals surface area contributed by atoms with Gasteiger partial charge in [-0.3, -0.25) is 9.59 Å². The maximum absolute atomic E-state index is 12.4. The number of carbonyl (C=O) groups is 2. The molecule has 0 aliphatic carbocycles. The Bertz CT molecular complexity index is 732. The van der Waals surface area contributed by atoms with E-state index in [-0.39, 0.29) is 17.9 Å². The molecule has 1 saturated heterocycles. The molecule has 3 N–H and O–H groups in total. The van der Waals surface area contributed by atoms with Crippen LogP contribution in [0.25, 0.3) is 0 Å². The Kier molecular flexibility index (Phi) is 5.78. The maximum Gasteiger partial charge on any atom is 0.271 e. The van der Waals surface area contributed by atoms with Gasteiger partial charge in [0.2, 0.25) is 5.91 Å². The Morgan fingerprint density at radius 2 is 2.12 bits per heavy atom. The van der Waals surface area contributed by atoms with E-state index in [0.717, 1.165) is 17.8 Å². The molecule has 1 unspecified atom stereocenters. The van der Waals surface area contributed by atoms with Crippen molar-refractivity contribution in [1.29, 1.82) is 0 Å². The van der Waals surface area contributed by atoms with Gasteiger partial charge in [-0.2, -0.15) is 0 Å². The summed E-state index contributed by atoms with van der Waals surface area (Å²) in [6.07, 6.45) is 2.02. The van der Waals surface area contributed by atoms with Crippen molar-refractivity contribution in [2.45, 2.75) is 31.8 Å². The SMILES string of the molecule is NCc1nc(C(=O)NC2CCN(C(=O)CCc3ccccc3)C2)cs1. The summed E-state index contributed by atoms with van der Waals surface area (Å²) < 4.78 is 0. The minimum Gasteiger partial charge on any atom is -0.346 e. The Balaban J connectivity index is 1.46. The van der Waals surface area contributed by atoms with E-state index in [2.05, 4.69) is 10.3 Å². The molecule has 7 heteroatoms. The molecule has 0 radical (unpaired) electrons. The van der Waals surface area contributed by atoms with Crippen LogP contribution in [0.4, 0.5) is 0 Å². The molecule has 132 valence electrons. The molecule has 1 aliphatic heterocycles. The van der Waals surface area contributed by atoms with Gasteiger partial charge >= 0.3 is 0 Å². The van der Waals surface area contributed by atoms with Gasteiger partial charge in [0.25, 0.3) is 5.91 Å². The number of rotatable bonds is 6. The molecule has 1 atom stereocenters. The predicted molar refractivity (Wildman–Crippen MR) is 97.2 cm³/mol. The van der Waals surface area contributed by atoms with Crippen LogP contribution in [0.15, 0.2) is 35.7 Å². The highest BCUT2D eigenvalue weighted by molar-refractivity contribution is 7.09. The predicted octanol–water partition coefficient (Wildman–Crippen LogP) is 1.57. The first-order valence-electron chi connectivity index (χ1n) is 8.42. The van der Waals surface area contributed by atoms with Crippen LogP contribution < -0.4 is 11.1 Å². The van der Waals surface area contributed by atoms with Crippen molar-refractivity contribution >= 4 is 23.2 Å². The molecule has 1 aromatic heterocycles. The normalized spacial score (nSPS) is 16.8. The van der Waals surface area contributed by atoms with Gasteiger partial charge in [-0.1, -0.05) is 30.3 Å². The Labute approximate surface area is 151 Å². The highest BCUT2D eigenvalue weighted by Crippen LogP contribution is 2.14. The summed E-state index contributed by atoms with van der Waals surface area (Å²) in [5, 5.41) is 5.42. The standard InChI is InChI=1S/C18H22N4O2S/c19-10-16-21-15(12-25-16)18(24)20-14-8-9-22(11-14)17(23)7-6-13-4-2-1-3-5-13/h1-5,12,14H,6-11,19H2,(H,20,24). The topological polar surface area (TPSA) is 88.3 Å². The molecule has 3 rings (SSSR count). The number of hydrogen-bond acceptors (Lipinski definition) is 5. The number of amides is 2. The molecule has 1 aromatic carbocycles. The highest BCUT2D eigenvalue weighted by Gasteiger charge is 2.27. The maximum atomic E-state index is 12.4. The number of aryl methyl sites for hydroxylation is 1. The zero-order valence-electron chi connectivity index (χ0n) is 14.0. The van der Waals surface area contributed by atoms with Crippen LogP contribution >= 0.6 is 11.3 Å². The van der Waals surface area contributed by atoms with Gasteiger partial charge in [0.15, 0.2) is 0 Å². The van der Waals surface area contributed by atoms with Crippen molar-refractivity contribution in [3.05, 3.63) is 52.0 Å². The minimum absolute atomic E-state index is 0.0174. The smallest absolute Gasteiger partial charge is 0.271 e. The zero-order chi connectivity index (χ0) is 17.6. The van der Waals surface area contributed by atoms with Crippen LogP contribution in [-0.2, 0) is 17.8 Å². The Morgan fingerprint density at radius 1 is 1.32 bits per heavy atom. The van der Waals surface area contributed by atoms with E-state index in [1.807, 2.05) is 35.2 Å². The van der Waals surface area contributed by atoms with Crippen LogP contribution in [-0.4, -0.2) is 40.8 Å². The van der Waals surface area contributed by atoms with Gasteiger partial charge in [0, 0.05) is 37.5 Å². The van der Waals surface area contributed by atoms with E-state index < -0.39 is 0 Å². The van der Waals surface area contributed by atoms with Gasteiger partial charge in [0.05, 0.1) is 0 Å². The number of nitrogens with one attached hydrogen (secondary N) is 1. The molecule has 0 bridgehead atoms. The summed E-state index contributed by atoms with van der Waals surface area (Å²) in [7, 11) is 0. The fourth-order valence-electron chi connectivity index (χ4n) is 2.93. The Morgan fingerprint density at radius 3 is 2.84 bits per heavy atom. The second kappa shape index (κ2) is 8.22. The average Bonchev–Trinajstić information content (AvgIpc) is 3.30. The van der Waals surface area contributed by atoms with Crippen LogP contribution in [0.5, 0.6) is 0 Å². The lowest BCUT2D eigenvalue weighted by Gasteiger charge is -2.17. The number of likely N-dealkylation sites (tertiary alicyclic amines) is 1. The molecular weight excluding hydrogens is 336 g/mol. The summed E-state index contributed by atoms with van der Waals surface area (Å²) in [6.45, 7) is 1.59. The molecule has 1 fully saturated rings. The van der Waals surface area contributed by atoms with Gasteiger partial charge in [-0.15, -0.1) is 11.3 Å². The highest BCUT2D eigenvalue weighted by atomic mass is 32.1. The molecule has 2 aromatic rings. The van der Waals surface area contributed by atoms with Gasteiger partial charge in [0.1, 0.15) is 10.7 Å². The van der Waals surface area contributed by atoms with Crippen LogP contribution in [0.3, 0.4) is 0 Å². The lowest BCUT2D eigenvalue weighted by atomic mass is 10.1. The molecule has 0 spiro atoms. The zero-order valence-corrected chi connectivity index (χ0v) is 14.8. The molecule has 25 heavy (non-hydrogen) atoms. The first-order chi connectivity index (χ1) is 12.2. The van der Waals surface area contributed by atoms with E-state index in [1.54, 1.807) is 5.38 Å². The average molecular weight is 358 g/mol. The summed E-state index contributed by atoms with van der Waals surface area (Å²) in [4.78, 5) is 30.6. The van der Waals surface area contributed by atoms with Gasteiger partial charge in [-0.25, -0.2) is 4.98 Å². The number of carbonyl (C=O) groups excluding carboxylic acids is 2. The molecular formula is C18H22N4O2S. The third-order valence-corrected chi connectivity index (χ3v) is 5.18. The molecule has 0 saturated carbocycles. The van der Waals surface area contributed by atoms with E-state index in [0.29, 0.717) is 31.7 Å². The monoisotopic (exact) mass is 358 g/mol. The summed E-state index contributed by atoms with van der Waals surface area (Å²) in [5.41, 5.74) is 7.09. The van der Waals surface area contributed by atoms with Crippen molar-refractivity contribution in [3.8, 4) is 0 Å².